The van der Waals surface area contributed by atoms with Gasteiger partial charge in [-0.1, -0.05) is 30.3 Å². The molecule has 0 bridgehead atoms. The molecule has 0 radical (unpaired) electrons. The molecule has 0 heterocycles. The van der Waals surface area contributed by atoms with Crippen LogP contribution in [0, 0.1) is 6.92 Å². The van der Waals surface area contributed by atoms with Crippen molar-refractivity contribution in [1.29, 1.82) is 0 Å². The summed E-state index contributed by atoms with van der Waals surface area (Å²) in [5.74, 6) is 0.290. The van der Waals surface area contributed by atoms with E-state index in [9.17, 15) is 13.2 Å². The van der Waals surface area contributed by atoms with Gasteiger partial charge in [-0.3, -0.25) is 14.4 Å². The summed E-state index contributed by atoms with van der Waals surface area (Å²) in [5, 5.41) is 2.93. The van der Waals surface area contributed by atoms with Crippen molar-refractivity contribution in [3.8, 4) is 5.75 Å². The molecule has 0 fully saturated rings. The molecule has 1 amide bonds. The number of rotatable bonds is 10. The number of amides is 1. The average Bonchev–Trinajstić information content (AvgIpc) is 2.83. The molecule has 0 saturated heterocycles. The maximum Gasteiger partial charge on any atom is 0.262 e. The molecule has 8 heteroatoms. The summed E-state index contributed by atoms with van der Waals surface area (Å²) in [4.78, 5) is 15.2. The predicted octanol–water partition coefficient (Wildman–Crippen LogP) is 4.57. The Hall–Kier alpha value is -3.36. The number of anilines is 1. The molecule has 3 aromatic rings. The smallest absolute Gasteiger partial charge is 0.262 e. The van der Waals surface area contributed by atoms with Crippen LogP contribution in [-0.2, 0) is 23.1 Å². The van der Waals surface area contributed by atoms with Crippen LogP contribution in [-0.4, -0.2) is 39.4 Å². The molecule has 7 nitrogen and oxygen atoms in total. The number of aryl methyl sites for hydroxylation is 1. The van der Waals surface area contributed by atoms with Gasteiger partial charge in [0.2, 0.25) is 0 Å². The Kier molecular flexibility index (Phi) is 8.53. The van der Waals surface area contributed by atoms with Crippen LogP contribution in [0.3, 0.4) is 0 Å². The van der Waals surface area contributed by atoms with Gasteiger partial charge in [0, 0.05) is 30.4 Å². The Labute approximate surface area is 208 Å². The fourth-order valence-electron chi connectivity index (χ4n) is 3.51. The van der Waals surface area contributed by atoms with Gasteiger partial charge in [-0.05, 0) is 80.9 Å². The van der Waals surface area contributed by atoms with E-state index < -0.39 is 10.0 Å². The molecule has 186 valence electrons. The number of benzene rings is 3. The van der Waals surface area contributed by atoms with Crippen LogP contribution in [0.25, 0.3) is 0 Å². The van der Waals surface area contributed by atoms with E-state index in [1.54, 1.807) is 50.4 Å². The summed E-state index contributed by atoms with van der Waals surface area (Å²) in [7, 11) is -0.284. The number of hydrogen-bond donors (Lipinski definition) is 2. The minimum absolute atomic E-state index is 0.0555. The molecule has 0 aromatic heterocycles. The lowest BCUT2D eigenvalue weighted by Gasteiger charge is -2.22. The number of sulfonamides is 1. The molecule has 0 spiro atoms. The van der Waals surface area contributed by atoms with Crippen LogP contribution in [0.4, 0.5) is 5.69 Å². The van der Waals surface area contributed by atoms with Gasteiger partial charge < -0.3 is 10.1 Å². The maximum atomic E-state index is 13.1. The van der Waals surface area contributed by atoms with Crippen LogP contribution in [0.5, 0.6) is 5.75 Å². The fourth-order valence-corrected chi connectivity index (χ4v) is 4.84. The third-order valence-corrected chi connectivity index (χ3v) is 7.46. The first-order valence-corrected chi connectivity index (χ1v) is 12.9. The Morgan fingerprint density at radius 1 is 1.00 bits per heavy atom. The molecule has 0 atom stereocenters. The van der Waals surface area contributed by atoms with Gasteiger partial charge in [0.25, 0.3) is 15.9 Å². The van der Waals surface area contributed by atoms with Gasteiger partial charge in [-0.15, -0.1) is 0 Å². The Morgan fingerprint density at radius 2 is 1.66 bits per heavy atom. The molecule has 0 aliphatic rings. The van der Waals surface area contributed by atoms with Crippen molar-refractivity contribution < 1.29 is 17.9 Å². The summed E-state index contributed by atoms with van der Waals surface area (Å²) in [6.07, 6.45) is 0. The summed E-state index contributed by atoms with van der Waals surface area (Å²) in [6, 6.07) is 19.7. The fraction of sp³-hybridized carbons (Fsp3) is 0.296. The number of nitrogens with one attached hydrogen (secondary N) is 2. The highest BCUT2D eigenvalue weighted by atomic mass is 32.2. The molecule has 35 heavy (non-hydrogen) atoms. The van der Waals surface area contributed by atoms with E-state index in [0.717, 1.165) is 17.7 Å². The average molecular weight is 496 g/mol. The van der Waals surface area contributed by atoms with E-state index >= 15 is 0 Å². The SMILES string of the molecule is COc1ccc(NS(=O)(=O)c2cc(C(=O)NCc3ccccc3CN(C)C(C)C)ccc2C)cc1. The van der Waals surface area contributed by atoms with Crippen LogP contribution in [0.1, 0.15) is 40.9 Å². The van der Waals surface area contributed by atoms with Gasteiger partial charge in [0.05, 0.1) is 12.0 Å². The number of carbonyl (C=O) groups is 1. The first kappa shape index (κ1) is 26.2. The van der Waals surface area contributed by atoms with Crippen molar-refractivity contribution in [3.63, 3.8) is 0 Å². The normalized spacial score (nSPS) is 11.5. The number of hydrogen-bond acceptors (Lipinski definition) is 5. The number of methoxy groups -OCH3 is 1. The minimum Gasteiger partial charge on any atom is -0.497 e. The second-order valence-corrected chi connectivity index (χ2v) is 10.4. The first-order valence-electron chi connectivity index (χ1n) is 11.4. The second-order valence-electron chi connectivity index (χ2n) is 8.77. The highest BCUT2D eigenvalue weighted by Gasteiger charge is 2.20. The van der Waals surface area contributed by atoms with Gasteiger partial charge in [-0.2, -0.15) is 0 Å². The Bertz CT molecular complexity index is 1270. The zero-order valence-electron chi connectivity index (χ0n) is 20.8. The topological polar surface area (TPSA) is 87.7 Å². The lowest BCUT2D eigenvalue weighted by atomic mass is 10.1. The standard InChI is InChI=1S/C27H33N3O4S/c1-19(2)30(4)18-23-9-7-6-8-22(23)17-28-27(31)21-11-10-20(3)26(16-21)35(32,33)29-24-12-14-25(34-5)15-13-24/h6-16,19,29H,17-18H2,1-5H3,(H,28,31). The van der Waals surface area contributed by atoms with E-state index in [4.69, 9.17) is 4.74 Å². The molecule has 2 N–H and O–H groups in total. The first-order chi connectivity index (χ1) is 16.6. The van der Waals surface area contributed by atoms with Crippen LogP contribution in [0.15, 0.2) is 71.6 Å². The van der Waals surface area contributed by atoms with Crippen LogP contribution >= 0.6 is 0 Å². The molecule has 0 unspecified atom stereocenters. The van der Waals surface area contributed by atoms with Crippen molar-refractivity contribution in [2.24, 2.45) is 0 Å². The van der Waals surface area contributed by atoms with E-state index in [1.165, 1.54) is 6.07 Å². The van der Waals surface area contributed by atoms with E-state index in [0.29, 0.717) is 29.6 Å². The third-order valence-electron chi connectivity index (χ3n) is 5.94. The third kappa shape index (κ3) is 6.83. The largest absolute Gasteiger partial charge is 0.497 e. The van der Waals surface area contributed by atoms with Gasteiger partial charge >= 0.3 is 0 Å². The Morgan fingerprint density at radius 3 is 2.29 bits per heavy atom. The number of ether oxygens (including phenoxy) is 1. The summed E-state index contributed by atoms with van der Waals surface area (Å²) in [5.41, 5.74) is 3.39. The van der Waals surface area contributed by atoms with E-state index in [1.807, 2.05) is 18.2 Å². The molecular weight excluding hydrogens is 462 g/mol. The minimum atomic E-state index is -3.89. The van der Waals surface area contributed by atoms with Crippen molar-refractivity contribution in [3.05, 3.63) is 89.0 Å². The second kappa shape index (κ2) is 11.4. The Balaban J connectivity index is 1.75. The van der Waals surface area contributed by atoms with Crippen molar-refractivity contribution >= 4 is 21.6 Å². The molecular formula is C27H33N3O4S. The highest BCUT2D eigenvalue weighted by Crippen LogP contribution is 2.23. The molecule has 0 aliphatic heterocycles. The van der Waals surface area contributed by atoms with Crippen molar-refractivity contribution in [1.82, 2.24) is 10.2 Å². The maximum absolute atomic E-state index is 13.1. The molecule has 0 saturated carbocycles. The monoisotopic (exact) mass is 495 g/mol. The summed E-state index contributed by atoms with van der Waals surface area (Å²) >= 11 is 0. The predicted molar refractivity (Wildman–Crippen MR) is 139 cm³/mol. The van der Waals surface area contributed by atoms with Crippen LogP contribution < -0.4 is 14.8 Å². The lowest BCUT2D eigenvalue weighted by Crippen LogP contribution is -2.28. The highest BCUT2D eigenvalue weighted by molar-refractivity contribution is 7.92. The molecule has 3 aromatic carbocycles. The number of carbonyl (C=O) groups excluding carboxylic acids is 1. The van der Waals surface area contributed by atoms with E-state index in [2.05, 4.69) is 41.9 Å². The van der Waals surface area contributed by atoms with Crippen LogP contribution in [0.2, 0.25) is 0 Å². The number of nitrogens with zero attached hydrogens (tertiary/aromatic N) is 1. The van der Waals surface area contributed by atoms with E-state index in [-0.39, 0.29) is 16.4 Å². The van der Waals surface area contributed by atoms with Crippen molar-refractivity contribution in [2.45, 2.75) is 44.8 Å². The van der Waals surface area contributed by atoms with Gasteiger partial charge in [-0.25, -0.2) is 8.42 Å². The summed E-state index contributed by atoms with van der Waals surface area (Å²) < 4.78 is 33.8. The van der Waals surface area contributed by atoms with Crippen molar-refractivity contribution in [2.75, 3.05) is 18.9 Å². The quantitative estimate of drug-likeness (QED) is 0.430. The lowest BCUT2D eigenvalue weighted by molar-refractivity contribution is 0.0950. The zero-order chi connectivity index (χ0) is 25.6. The zero-order valence-corrected chi connectivity index (χ0v) is 21.6. The van der Waals surface area contributed by atoms with Gasteiger partial charge in [0.15, 0.2) is 0 Å². The molecule has 0 aliphatic carbocycles. The summed E-state index contributed by atoms with van der Waals surface area (Å²) in [6.45, 7) is 7.09. The molecule has 3 rings (SSSR count). The van der Waals surface area contributed by atoms with Gasteiger partial charge in [0.1, 0.15) is 5.75 Å².